The Bertz CT molecular complexity index is 1010. The van der Waals surface area contributed by atoms with E-state index in [4.69, 9.17) is 14.2 Å². The van der Waals surface area contributed by atoms with Crippen LogP contribution in [0.1, 0.15) is 69.2 Å². The van der Waals surface area contributed by atoms with Crippen molar-refractivity contribution in [3.63, 3.8) is 0 Å². The van der Waals surface area contributed by atoms with E-state index in [9.17, 15) is 9.18 Å². The van der Waals surface area contributed by atoms with E-state index in [0.29, 0.717) is 32.7 Å². The van der Waals surface area contributed by atoms with Crippen molar-refractivity contribution < 1.29 is 23.4 Å². The summed E-state index contributed by atoms with van der Waals surface area (Å²) in [6.07, 6.45) is 4.39. The molecule has 3 heterocycles. The van der Waals surface area contributed by atoms with Gasteiger partial charge in [0, 0.05) is 44.3 Å². The lowest BCUT2D eigenvalue weighted by atomic mass is 9.71. The van der Waals surface area contributed by atoms with E-state index in [1.165, 1.54) is 12.3 Å². The molecule has 0 N–H and O–H groups in total. The van der Waals surface area contributed by atoms with Gasteiger partial charge in [0.2, 0.25) is 0 Å². The lowest BCUT2D eigenvalue weighted by Crippen LogP contribution is -2.48. The molecule has 2 saturated heterocycles. The number of carbonyl (C=O) groups excluding carboxylic acids is 1. The van der Waals surface area contributed by atoms with Gasteiger partial charge in [-0.3, -0.25) is 4.98 Å². The molecular weight excluding hydrogens is 459 g/mol. The van der Waals surface area contributed by atoms with Crippen molar-refractivity contribution in [1.29, 1.82) is 0 Å². The van der Waals surface area contributed by atoms with E-state index >= 15 is 0 Å². The Balaban J connectivity index is 1.60. The second kappa shape index (κ2) is 11.3. The average Bonchev–Trinajstić information content (AvgIpc) is 3.28. The first-order chi connectivity index (χ1) is 17.2. The van der Waals surface area contributed by atoms with Crippen molar-refractivity contribution >= 4 is 6.09 Å². The first-order valence-electron chi connectivity index (χ1n) is 13.0. The molecule has 196 valence electrons. The van der Waals surface area contributed by atoms with Crippen LogP contribution in [0.5, 0.6) is 0 Å². The van der Waals surface area contributed by atoms with Gasteiger partial charge < -0.3 is 19.1 Å². The Morgan fingerprint density at radius 1 is 1.28 bits per heavy atom. The predicted molar refractivity (Wildman–Crippen MR) is 136 cm³/mol. The minimum Gasteiger partial charge on any atom is -0.444 e. The van der Waals surface area contributed by atoms with Gasteiger partial charge in [0.15, 0.2) is 0 Å². The monoisotopic (exact) mass is 498 g/mol. The SMILES string of the molecule is Cc1cccc(CN(CCC(c2ccc(F)cn2)C2CCCO[C@]23CCOC3)C(=O)OC(C)(C)C)c1. The van der Waals surface area contributed by atoms with Crippen molar-refractivity contribution in [3.8, 4) is 0 Å². The Labute approximate surface area is 214 Å². The maximum atomic E-state index is 13.8. The van der Waals surface area contributed by atoms with E-state index in [-0.39, 0.29) is 29.3 Å². The molecule has 36 heavy (non-hydrogen) atoms. The number of aryl methyl sites for hydroxylation is 1. The van der Waals surface area contributed by atoms with Gasteiger partial charge in [0.25, 0.3) is 0 Å². The lowest BCUT2D eigenvalue weighted by Gasteiger charge is -2.44. The van der Waals surface area contributed by atoms with Crippen molar-refractivity contribution in [2.75, 3.05) is 26.4 Å². The van der Waals surface area contributed by atoms with Crippen LogP contribution in [0.15, 0.2) is 42.6 Å². The molecule has 2 aliphatic rings. The van der Waals surface area contributed by atoms with Crippen molar-refractivity contribution in [3.05, 3.63) is 65.2 Å². The number of aromatic nitrogens is 1. The van der Waals surface area contributed by atoms with Gasteiger partial charge >= 0.3 is 6.09 Å². The third-order valence-corrected chi connectivity index (χ3v) is 7.17. The largest absolute Gasteiger partial charge is 0.444 e. The highest BCUT2D eigenvalue weighted by Crippen LogP contribution is 2.46. The summed E-state index contributed by atoms with van der Waals surface area (Å²) in [4.78, 5) is 19.5. The number of hydrogen-bond acceptors (Lipinski definition) is 5. The molecular formula is C29H39FN2O4. The van der Waals surface area contributed by atoms with Gasteiger partial charge in [-0.25, -0.2) is 9.18 Å². The molecule has 7 heteroatoms. The molecule has 2 unspecified atom stereocenters. The smallest absolute Gasteiger partial charge is 0.410 e. The van der Waals surface area contributed by atoms with Crippen LogP contribution in [-0.4, -0.2) is 53.5 Å². The van der Waals surface area contributed by atoms with Gasteiger partial charge in [-0.1, -0.05) is 29.8 Å². The Hall–Kier alpha value is -2.51. The number of benzene rings is 1. The Morgan fingerprint density at radius 2 is 2.11 bits per heavy atom. The number of ether oxygens (including phenoxy) is 3. The van der Waals surface area contributed by atoms with E-state index in [0.717, 1.165) is 42.7 Å². The van der Waals surface area contributed by atoms with Crippen molar-refractivity contribution in [2.45, 2.75) is 77.0 Å². The fourth-order valence-electron chi connectivity index (χ4n) is 5.53. The highest BCUT2D eigenvalue weighted by molar-refractivity contribution is 5.68. The molecule has 1 aromatic carbocycles. The zero-order valence-electron chi connectivity index (χ0n) is 22.0. The third-order valence-electron chi connectivity index (χ3n) is 7.17. The Morgan fingerprint density at radius 3 is 2.78 bits per heavy atom. The molecule has 2 fully saturated rings. The molecule has 1 aromatic heterocycles. The normalized spacial score (nSPS) is 23.0. The van der Waals surface area contributed by atoms with Gasteiger partial charge in [-0.15, -0.1) is 0 Å². The summed E-state index contributed by atoms with van der Waals surface area (Å²) in [7, 11) is 0. The van der Waals surface area contributed by atoms with E-state index < -0.39 is 5.60 Å². The zero-order chi connectivity index (χ0) is 25.8. The average molecular weight is 499 g/mol. The minimum atomic E-state index is -0.595. The fourth-order valence-corrected chi connectivity index (χ4v) is 5.53. The number of pyridine rings is 1. The number of amides is 1. The molecule has 1 spiro atoms. The summed E-state index contributed by atoms with van der Waals surface area (Å²) in [5.74, 6) is -0.188. The molecule has 2 aliphatic heterocycles. The predicted octanol–water partition coefficient (Wildman–Crippen LogP) is 6.03. The van der Waals surface area contributed by atoms with Crippen LogP contribution in [0.2, 0.25) is 0 Å². The summed E-state index contributed by atoms with van der Waals surface area (Å²) in [6.45, 7) is 10.6. The van der Waals surface area contributed by atoms with E-state index in [1.54, 1.807) is 11.0 Å². The maximum absolute atomic E-state index is 13.8. The molecule has 1 amide bonds. The van der Waals surface area contributed by atoms with Gasteiger partial charge in [0.05, 0.1) is 18.4 Å². The molecule has 0 radical (unpaired) electrons. The third kappa shape index (κ3) is 6.62. The van der Waals surface area contributed by atoms with E-state index in [1.807, 2.05) is 45.9 Å². The second-order valence-electron chi connectivity index (χ2n) is 11.2. The molecule has 2 aromatic rings. The molecule has 4 rings (SSSR count). The molecule has 0 bridgehead atoms. The maximum Gasteiger partial charge on any atom is 0.410 e. The summed E-state index contributed by atoms with van der Waals surface area (Å²) in [6, 6.07) is 11.4. The number of rotatable bonds is 7. The number of nitrogens with zero attached hydrogens (tertiary/aromatic N) is 2. The lowest BCUT2D eigenvalue weighted by molar-refractivity contribution is -0.127. The van der Waals surface area contributed by atoms with Crippen LogP contribution in [0.4, 0.5) is 9.18 Å². The van der Waals surface area contributed by atoms with Crippen LogP contribution >= 0.6 is 0 Å². The highest BCUT2D eigenvalue weighted by atomic mass is 19.1. The summed E-state index contributed by atoms with van der Waals surface area (Å²) < 4.78 is 31.7. The quantitative estimate of drug-likeness (QED) is 0.467. The highest BCUT2D eigenvalue weighted by Gasteiger charge is 2.49. The van der Waals surface area contributed by atoms with Crippen LogP contribution in [0, 0.1) is 18.7 Å². The van der Waals surface area contributed by atoms with Gasteiger partial charge in [-0.05, 0) is 70.6 Å². The molecule has 0 saturated carbocycles. The summed E-state index contributed by atoms with van der Waals surface area (Å²) >= 11 is 0. The summed E-state index contributed by atoms with van der Waals surface area (Å²) in [5.41, 5.74) is 2.08. The number of carbonyl (C=O) groups is 1. The van der Waals surface area contributed by atoms with Gasteiger partial charge in [-0.2, -0.15) is 0 Å². The minimum absolute atomic E-state index is 0.00459. The number of halogens is 1. The number of hydrogen-bond donors (Lipinski definition) is 0. The first kappa shape index (κ1) is 26.6. The topological polar surface area (TPSA) is 60.9 Å². The van der Waals surface area contributed by atoms with Crippen LogP contribution in [0.25, 0.3) is 0 Å². The molecule has 0 aliphatic carbocycles. The van der Waals surface area contributed by atoms with Crippen molar-refractivity contribution in [2.24, 2.45) is 5.92 Å². The fraction of sp³-hybridized carbons (Fsp3) is 0.586. The Kier molecular flexibility index (Phi) is 8.30. The summed E-state index contributed by atoms with van der Waals surface area (Å²) in [5, 5.41) is 0. The van der Waals surface area contributed by atoms with E-state index in [2.05, 4.69) is 11.1 Å². The van der Waals surface area contributed by atoms with Crippen LogP contribution in [-0.2, 0) is 20.8 Å². The van der Waals surface area contributed by atoms with Crippen LogP contribution in [0.3, 0.4) is 0 Å². The molecule has 6 nitrogen and oxygen atoms in total. The first-order valence-corrected chi connectivity index (χ1v) is 13.0. The van der Waals surface area contributed by atoms with Crippen molar-refractivity contribution in [1.82, 2.24) is 9.88 Å². The standard InChI is InChI=1S/C29H39FN2O4/c1-21-7-5-8-22(17-21)19-32(27(33)36-28(2,3)4)14-12-24(26-11-10-23(30)18-31-26)25-9-6-15-35-29(25)13-16-34-20-29/h5,7-8,10-11,17-18,24-25H,6,9,12-16,19-20H2,1-4H3/t24?,25?,29-/m0/s1. The van der Waals surface area contributed by atoms with Gasteiger partial charge in [0.1, 0.15) is 11.4 Å². The van der Waals surface area contributed by atoms with Crippen LogP contribution < -0.4 is 0 Å². The molecule has 3 atom stereocenters. The second-order valence-corrected chi connectivity index (χ2v) is 11.2. The zero-order valence-corrected chi connectivity index (χ0v) is 22.0.